The van der Waals surface area contributed by atoms with E-state index in [4.69, 9.17) is 14.5 Å². The number of amides is 1. The van der Waals surface area contributed by atoms with Crippen LogP contribution in [0.15, 0.2) is 41.6 Å². The van der Waals surface area contributed by atoms with E-state index in [0.29, 0.717) is 36.4 Å². The first-order valence-electron chi connectivity index (χ1n) is 12.3. The Hall–Kier alpha value is -3.20. The summed E-state index contributed by atoms with van der Waals surface area (Å²) in [4.78, 5) is 31.0. The molecule has 5 heterocycles. The maximum absolute atomic E-state index is 13.4. The summed E-state index contributed by atoms with van der Waals surface area (Å²) in [5.74, 6) is -0.0135. The number of hydrogen-bond acceptors (Lipinski definition) is 5. The number of rotatable bonds is 8. The van der Waals surface area contributed by atoms with Gasteiger partial charge in [-0.2, -0.15) is 0 Å². The molecule has 0 aromatic carbocycles. The molecule has 2 aliphatic carbocycles. The number of carbonyl (C=O) groups is 1. The van der Waals surface area contributed by atoms with Crippen molar-refractivity contribution in [1.29, 1.82) is 0 Å². The molecule has 1 amide bonds. The minimum atomic E-state index is -0.658. The molecule has 8 nitrogen and oxygen atoms in total. The summed E-state index contributed by atoms with van der Waals surface area (Å²) in [6.45, 7) is 3.91. The molecular formula is C26H29FN4O4. The van der Waals surface area contributed by atoms with Crippen LogP contribution in [0.5, 0.6) is 5.75 Å². The van der Waals surface area contributed by atoms with Crippen molar-refractivity contribution < 1.29 is 18.7 Å². The van der Waals surface area contributed by atoms with E-state index >= 15 is 0 Å². The number of imidazole rings is 1. The second-order valence-electron chi connectivity index (χ2n) is 10.3. The van der Waals surface area contributed by atoms with Gasteiger partial charge in [0.1, 0.15) is 23.8 Å². The Labute approximate surface area is 202 Å². The zero-order valence-electron chi connectivity index (χ0n) is 19.9. The highest BCUT2D eigenvalue weighted by Gasteiger charge is 2.64. The van der Waals surface area contributed by atoms with Crippen molar-refractivity contribution in [3.05, 3.63) is 58.4 Å². The number of anilines is 1. The van der Waals surface area contributed by atoms with Crippen LogP contribution in [0.4, 0.5) is 10.1 Å². The Morgan fingerprint density at radius 3 is 2.86 bits per heavy atom. The normalized spacial score (nSPS) is 25.9. The summed E-state index contributed by atoms with van der Waals surface area (Å²) in [6, 6.07) is 5.36. The lowest BCUT2D eigenvalue weighted by atomic mass is 9.61. The molecule has 2 saturated heterocycles. The summed E-state index contributed by atoms with van der Waals surface area (Å²) < 4.78 is 28.7. The number of carbonyl (C=O) groups excluding carboxylic acids is 1. The number of aromatic nitrogens is 3. The van der Waals surface area contributed by atoms with E-state index in [9.17, 15) is 14.0 Å². The van der Waals surface area contributed by atoms with Gasteiger partial charge in [0.15, 0.2) is 0 Å². The van der Waals surface area contributed by atoms with Gasteiger partial charge in [-0.25, -0.2) is 9.37 Å². The van der Waals surface area contributed by atoms with Gasteiger partial charge in [-0.05, 0) is 51.2 Å². The summed E-state index contributed by atoms with van der Waals surface area (Å²) in [5, 5.41) is 2.79. The highest BCUT2D eigenvalue weighted by atomic mass is 19.1. The van der Waals surface area contributed by atoms with Gasteiger partial charge in [0, 0.05) is 36.1 Å². The highest BCUT2D eigenvalue weighted by molar-refractivity contribution is 6.06. The Balaban J connectivity index is 1.35. The van der Waals surface area contributed by atoms with E-state index in [0.717, 1.165) is 25.0 Å². The molecule has 0 spiro atoms. The third-order valence-corrected chi connectivity index (χ3v) is 7.63. The summed E-state index contributed by atoms with van der Waals surface area (Å²) in [6.07, 6.45) is 9.18. The number of alkyl halides is 1. The monoisotopic (exact) mass is 480 g/mol. The zero-order valence-corrected chi connectivity index (χ0v) is 19.9. The first-order chi connectivity index (χ1) is 16.9. The molecule has 1 atom stereocenters. The Kier molecular flexibility index (Phi) is 5.03. The first kappa shape index (κ1) is 22.3. The average molecular weight is 481 g/mol. The lowest BCUT2D eigenvalue weighted by Crippen LogP contribution is -2.48. The van der Waals surface area contributed by atoms with Gasteiger partial charge in [-0.1, -0.05) is 6.92 Å². The number of fused-ring (bicyclic) bond motifs is 2. The van der Waals surface area contributed by atoms with Gasteiger partial charge >= 0.3 is 0 Å². The molecule has 1 N–H and O–H groups in total. The van der Waals surface area contributed by atoms with Gasteiger partial charge in [-0.15, -0.1) is 0 Å². The number of ether oxygens (including phenoxy) is 2. The Morgan fingerprint density at radius 2 is 2.17 bits per heavy atom. The number of hydrogen-bond donors (Lipinski definition) is 1. The maximum atomic E-state index is 13.4. The fourth-order valence-electron chi connectivity index (χ4n) is 5.34. The minimum Gasteiger partial charge on any atom is -0.490 e. The lowest BCUT2D eigenvalue weighted by Gasteiger charge is -2.41. The molecule has 7 rings (SSSR count). The molecule has 0 unspecified atom stereocenters. The number of halogens is 1. The van der Waals surface area contributed by atoms with E-state index in [1.54, 1.807) is 39.6 Å². The Bertz CT molecular complexity index is 1370. The van der Waals surface area contributed by atoms with E-state index in [1.165, 1.54) is 0 Å². The van der Waals surface area contributed by atoms with Crippen molar-refractivity contribution in [2.45, 2.75) is 69.1 Å². The summed E-state index contributed by atoms with van der Waals surface area (Å²) in [7, 11) is 0. The third kappa shape index (κ3) is 3.64. The van der Waals surface area contributed by atoms with Crippen LogP contribution in [0, 0.1) is 0 Å². The fraction of sp³-hybridized carbons (Fsp3) is 0.500. The van der Waals surface area contributed by atoms with E-state index in [-0.39, 0.29) is 28.8 Å². The van der Waals surface area contributed by atoms with Crippen LogP contribution in [-0.4, -0.2) is 44.8 Å². The summed E-state index contributed by atoms with van der Waals surface area (Å²) >= 11 is 0. The molecule has 2 bridgehead atoms. The van der Waals surface area contributed by atoms with Crippen molar-refractivity contribution in [3.63, 3.8) is 0 Å². The van der Waals surface area contributed by atoms with Crippen molar-refractivity contribution in [1.82, 2.24) is 14.0 Å². The minimum absolute atomic E-state index is 0.110. The molecule has 9 heteroatoms. The quantitative estimate of drug-likeness (QED) is 0.526. The number of pyridine rings is 2. The fourth-order valence-corrected chi connectivity index (χ4v) is 5.34. The van der Waals surface area contributed by atoms with E-state index < -0.39 is 18.2 Å². The van der Waals surface area contributed by atoms with Gasteiger partial charge in [0.05, 0.1) is 29.6 Å². The standard InChI is InChI=1S/C26H29FN4O4/c1-3-16(2)35-20-9-22-29-21(25-12-26(13-25,14-27)34-15-25)11-30(22)10-18(20)23(32)28-19-5-4-8-31(24(19)33)17-6-7-17/h4-5,8-11,16-17H,3,6-7,12-15H2,1-2H3,(H,28,32)/t16-,25?,26?/m1/s1. The van der Waals surface area contributed by atoms with Crippen LogP contribution in [0.1, 0.15) is 68.0 Å². The van der Waals surface area contributed by atoms with Crippen LogP contribution in [0.25, 0.3) is 5.65 Å². The molecule has 3 aromatic rings. The lowest BCUT2D eigenvalue weighted by molar-refractivity contribution is -0.0235. The molecule has 4 fully saturated rings. The van der Waals surface area contributed by atoms with Gasteiger partial charge in [0.25, 0.3) is 11.5 Å². The molecule has 2 saturated carbocycles. The molecule has 35 heavy (non-hydrogen) atoms. The van der Waals surface area contributed by atoms with Crippen LogP contribution < -0.4 is 15.6 Å². The second-order valence-corrected chi connectivity index (χ2v) is 10.3. The highest BCUT2D eigenvalue weighted by Crippen LogP contribution is 2.58. The van der Waals surface area contributed by atoms with Crippen molar-refractivity contribution in [2.75, 3.05) is 18.6 Å². The number of nitrogens with one attached hydrogen (secondary N) is 1. The van der Waals surface area contributed by atoms with Crippen molar-refractivity contribution in [3.8, 4) is 5.75 Å². The van der Waals surface area contributed by atoms with Crippen molar-refractivity contribution >= 4 is 17.2 Å². The van der Waals surface area contributed by atoms with E-state index in [1.807, 2.05) is 20.0 Å². The Morgan fingerprint density at radius 1 is 1.37 bits per heavy atom. The third-order valence-electron chi connectivity index (χ3n) is 7.63. The SMILES string of the molecule is CC[C@@H](C)Oc1cc2nc(C34COC(CF)(C3)C4)cn2cc1C(=O)Nc1cccn(C2CC2)c1=O. The van der Waals surface area contributed by atoms with E-state index in [2.05, 4.69) is 5.32 Å². The molecule has 3 aromatic heterocycles. The molecule has 2 aliphatic heterocycles. The predicted molar refractivity (Wildman–Crippen MR) is 128 cm³/mol. The smallest absolute Gasteiger partial charge is 0.274 e. The van der Waals surface area contributed by atoms with Crippen LogP contribution >= 0.6 is 0 Å². The largest absolute Gasteiger partial charge is 0.490 e. The zero-order chi connectivity index (χ0) is 24.4. The summed E-state index contributed by atoms with van der Waals surface area (Å²) in [5.41, 5.74) is 0.885. The van der Waals surface area contributed by atoms with Gasteiger partial charge < -0.3 is 23.8 Å². The average Bonchev–Trinajstić information content (AvgIpc) is 3.32. The molecular weight excluding hydrogens is 451 g/mol. The van der Waals surface area contributed by atoms with Crippen molar-refractivity contribution in [2.24, 2.45) is 0 Å². The predicted octanol–water partition coefficient (Wildman–Crippen LogP) is 4.03. The first-order valence-corrected chi connectivity index (χ1v) is 12.3. The number of nitrogens with zero attached hydrogens (tertiary/aromatic N) is 3. The molecule has 4 aliphatic rings. The second kappa shape index (κ2) is 7.91. The van der Waals surface area contributed by atoms with Crippen LogP contribution in [-0.2, 0) is 10.2 Å². The topological polar surface area (TPSA) is 86.9 Å². The molecule has 0 radical (unpaired) electrons. The molecule has 184 valence electrons. The maximum Gasteiger partial charge on any atom is 0.274 e. The van der Waals surface area contributed by atoms with Crippen LogP contribution in [0.3, 0.4) is 0 Å². The van der Waals surface area contributed by atoms with Gasteiger partial charge in [0.2, 0.25) is 0 Å². The van der Waals surface area contributed by atoms with Crippen LogP contribution in [0.2, 0.25) is 0 Å². The van der Waals surface area contributed by atoms with Gasteiger partial charge in [-0.3, -0.25) is 9.59 Å².